The highest BCUT2D eigenvalue weighted by atomic mass is 19.4. The molecule has 2 heterocycles. The second-order valence-corrected chi connectivity index (χ2v) is 4.73. The number of hydrazine groups is 1. The van der Waals surface area contributed by atoms with E-state index in [4.69, 9.17) is 5.84 Å². The zero-order valence-corrected chi connectivity index (χ0v) is 10.4. The Hall–Kier alpha value is -2.03. The highest BCUT2D eigenvalue weighted by Gasteiger charge is 2.39. The van der Waals surface area contributed by atoms with Gasteiger partial charge in [0, 0.05) is 18.4 Å². The number of hydrogen-bond acceptors (Lipinski definition) is 5. The summed E-state index contributed by atoms with van der Waals surface area (Å²) in [5, 5.41) is 0. The average molecular weight is 286 g/mol. The quantitative estimate of drug-likeness (QED) is 0.659. The molecule has 0 atom stereocenters. The topological polar surface area (TPSA) is 71.5 Å². The maximum Gasteiger partial charge on any atom is 0.405 e. The van der Waals surface area contributed by atoms with E-state index in [1.54, 1.807) is 16.8 Å². The summed E-state index contributed by atoms with van der Waals surface area (Å²) in [5.41, 5.74) is 2.75. The Balaban J connectivity index is 2.07. The molecule has 3 N–H and O–H groups in total. The molecule has 6 nitrogen and oxygen atoms in total. The molecule has 0 spiro atoms. The number of fused-ring (bicyclic) bond motifs is 1. The van der Waals surface area contributed by atoms with Crippen LogP contribution < -0.4 is 16.2 Å². The lowest BCUT2D eigenvalue weighted by Gasteiger charge is -2.25. The van der Waals surface area contributed by atoms with Crippen LogP contribution in [0.15, 0.2) is 18.6 Å². The van der Waals surface area contributed by atoms with Crippen LogP contribution in [-0.4, -0.2) is 33.1 Å². The molecule has 3 rings (SSSR count). The smallest absolute Gasteiger partial charge is 0.341 e. The number of anilines is 2. The highest BCUT2D eigenvalue weighted by Crippen LogP contribution is 2.35. The van der Waals surface area contributed by atoms with E-state index in [0.717, 1.165) is 12.8 Å². The van der Waals surface area contributed by atoms with Crippen LogP contribution in [0.2, 0.25) is 0 Å². The zero-order chi connectivity index (χ0) is 14.3. The van der Waals surface area contributed by atoms with Crippen LogP contribution >= 0.6 is 0 Å². The number of imidazole rings is 1. The van der Waals surface area contributed by atoms with Gasteiger partial charge in [0.2, 0.25) is 0 Å². The number of halogens is 3. The lowest BCUT2D eigenvalue weighted by atomic mass is 10.4. The molecule has 0 aromatic carbocycles. The van der Waals surface area contributed by atoms with Crippen molar-refractivity contribution >= 4 is 17.3 Å². The summed E-state index contributed by atoms with van der Waals surface area (Å²) >= 11 is 0. The van der Waals surface area contributed by atoms with E-state index in [9.17, 15) is 13.2 Å². The van der Waals surface area contributed by atoms with E-state index in [-0.39, 0.29) is 11.9 Å². The van der Waals surface area contributed by atoms with Crippen molar-refractivity contribution < 1.29 is 13.2 Å². The minimum absolute atomic E-state index is 0.141. The minimum Gasteiger partial charge on any atom is -0.341 e. The third-order valence-electron chi connectivity index (χ3n) is 3.11. The molecule has 0 amide bonds. The van der Waals surface area contributed by atoms with Crippen LogP contribution in [0.25, 0.3) is 5.65 Å². The molecular formula is C11H13F3N6. The number of aromatic nitrogens is 3. The Labute approximate surface area is 112 Å². The lowest BCUT2D eigenvalue weighted by molar-refractivity contribution is -0.120. The van der Waals surface area contributed by atoms with Crippen molar-refractivity contribution in [1.29, 1.82) is 0 Å². The van der Waals surface area contributed by atoms with Gasteiger partial charge in [-0.05, 0) is 12.8 Å². The fraction of sp³-hybridized carbons (Fsp3) is 0.455. The maximum absolute atomic E-state index is 12.8. The SMILES string of the molecule is NNc1cn2ccnc2c(N(CC(F)(F)F)C2CC2)n1. The molecule has 2 aromatic heterocycles. The zero-order valence-electron chi connectivity index (χ0n) is 10.4. The number of nitrogens with two attached hydrogens (primary N) is 1. The Morgan fingerprint density at radius 2 is 2.20 bits per heavy atom. The van der Waals surface area contributed by atoms with Gasteiger partial charge in [-0.3, -0.25) is 0 Å². The van der Waals surface area contributed by atoms with E-state index >= 15 is 0 Å². The van der Waals surface area contributed by atoms with Crippen LogP contribution in [0.3, 0.4) is 0 Å². The lowest BCUT2D eigenvalue weighted by Crippen LogP contribution is -2.37. The molecule has 0 bridgehead atoms. The molecule has 2 aromatic rings. The second-order valence-electron chi connectivity index (χ2n) is 4.73. The third kappa shape index (κ3) is 2.48. The predicted molar refractivity (Wildman–Crippen MR) is 67.2 cm³/mol. The predicted octanol–water partition coefficient (Wildman–Crippen LogP) is 1.55. The van der Waals surface area contributed by atoms with Crippen molar-refractivity contribution in [2.24, 2.45) is 5.84 Å². The Kier molecular flexibility index (Phi) is 2.93. The first kappa shape index (κ1) is 13.0. The number of nitrogens with one attached hydrogen (secondary N) is 1. The number of alkyl halides is 3. The normalized spacial score (nSPS) is 15.6. The van der Waals surface area contributed by atoms with Gasteiger partial charge in [-0.25, -0.2) is 15.8 Å². The van der Waals surface area contributed by atoms with Gasteiger partial charge in [0.1, 0.15) is 6.54 Å². The van der Waals surface area contributed by atoms with Crippen LogP contribution in [0.4, 0.5) is 24.8 Å². The van der Waals surface area contributed by atoms with Gasteiger partial charge in [0.05, 0.1) is 6.20 Å². The molecule has 20 heavy (non-hydrogen) atoms. The fourth-order valence-electron chi connectivity index (χ4n) is 2.13. The van der Waals surface area contributed by atoms with Crippen LogP contribution in [0.5, 0.6) is 0 Å². The average Bonchev–Trinajstić information content (AvgIpc) is 3.11. The fourth-order valence-corrected chi connectivity index (χ4v) is 2.13. The van der Waals surface area contributed by atoms with Gasteiger partial charge in [0.15, 0.2) is 17.3 Å². The first-order valence-corrected chi connectivity index (χ1v) is 6.11. The monoisotopic (exact) mass is 286 g/mol. The summed E-state index contributed by atoms with van der Waals surface area (Å²) in [7, 11) is 0. The largest absolute Gasteiger partial charge is 0.405 e. The number of nitrogen functional groups attached to an aromatic ring is 1. The number of nitrogens with zero attached hydrogens (tertiary/aromatic N) is 4. The Morgan fingerprint density at radius 3 is 2.80 bits per heavy atom. The molecule has 1 aliphatic carbocycles. The standard InChI is InChI=1S/C11H13F3N6/c12-11(13,14)6-20(7-1-2-7)10-9-16-3-4-19(9)5-8(17-10)18-15/h3-5,7,18H,1-2,6,15H2. The third-order valence-corrected chi connectivity index (χ3v) is 3.11. The first-order chi connectivity index (χ1) is 9.48. The van der Waals surface area contributed by atoms with Gasteiger partial charge in [-0.2, -0.15) is 13.2 Å². The van der Waals surface area contributed by atoms with Gasteiger partial charge in [0.25, 0.3) is 0 Å². The summed E-state index contributed by atoms with van der Waals surface area (Å²) in [6, 6.07) is -0.141. The summed E-state index contributed by atoms with van der Waals surface area (Å²) in [6.07, 6.45) is 1.89. The highest BCUT2D eigenvalue weighted by molar-refractivity contribution is 5.67. The van der Waals surface area contributed by atoms with Crippen molar-refractivity contribution in [3.63, 3.8) is 0 Å². The molecule has 0 radical (unpaired) electrons. The van der Waals surface area contributed by atoms with E-state index in [1.807, 2.05) is 0 Å². The first-order valence-electron chi connectivity index (χ1n) is 6.11. The molecule has 1 aliphatic rings. The molecule has 0 unspecified atom stereocenters. The number of rotatable bonds is 4. The van der Waals surface area contributed by atoms with E-state index in [0.29, 0.717) is 11.5 Å². The molecule has 1 fully saturated rings. The molecular weight excluding hydrogens is 273 g/mol. The summed E-state index contributed by atoms with van der Waals surface area (Å²) in [4.78, 5) is 9.47. The van der Waals surface area contributed by atoms with Crippen molar-refractivity contribution in [3.8, 4) is 0 Å². The van der Waals surface area contributed by atoms with Gasteiger partial charge in [-0.1, -0.05) is 0 Å². The summed E-state index contributed by atoms with van der Waals surface area (Å²) in [5.74, 6) is 5.80. The van der Waals surface area contributed by atoms with Crippen molar-refractivity contribution in [2.45, 2.75) is 25.1 Å². The van der Waals surface area contributed by atoms with Gasteiger partial charge in [-0.15, -0.1) is 0 Å². The second kappa shape index (κ2) is 4.51. The van der Waals surface area contributed by atoms with Gasteiger partial charge < -0.3 is 14.7 Å². The molecule has 0 aliphatic heterocycles. The summed E-state index contributed by atoms with van der Waals surface area (Å²) < 4.78 is 39.9. The Bertz CT molecular complexity index is 618. The molecule has 1 saturated carbocycles. The van der Waals surface area contributed by atoms with Crippen LogP contribution in [-0.2, 0) is 0 Å². The Morgan fingerprint density at radius 1 is 1.45 bits per heavy atom. The van der Waals surface area contributed by atoms with Crippen molar-refractivity contribution in [3.05, 3.63) is 18.6 Å². The van der Waals surface area contributed by atoms with Crippen molar-refractivity contribution in [2.75, 3.05) is 16.9 Å². The molecule has 9 heteroatoms. The van der Waals surface area contributed by atoms with Crippen LogP contribution in [0, 0.1) is 0 Å². The van der Waals surface area contributed by atoms with Gasteiger partial charge >= 0.3 is 6.18 Å². The van der Waals surface area contributed by atoms with E-state index in [2.05, 4.69) is 15.4 Å². The van der Waals surface area contributed by atoms with Crippen molar-refractivity contribution in [1.82, 2.24) is 14.4 Å². The molecule has 108 valence electrons. The summed E-state index contributed by atoms with van der Waals surface area (Å²) in [6.45, 7) is -1.04. The van der Waals surface area contributed by atoms with E-state index in [1.165, 1.54) is 11.1 Å². The van der Waals surface area contributed by atoms with Crippen LogP contribution in [0.1, 0.15) is 12.8 Å². The maximum atomic E-state index is 12.8. The van der Waals surface area contributed by atoms with E-state index < -0.39 is 12.7 Å². The minimum atomic E-state index is -4.29. The number of hydrogen-bond donors (Lipinski definition) is 2. The molecule has 0 saturated heterocycles.